The van der Waals surface area contributed by atoms with Gasteiger partial charge in [-0.2, -0.15) is 13.2 Å². The van der Waals surface area contributed by atoms with Crippen LogP contribution in [0.25, 0.3) is 11.1 Å². The second-order valence-corrected chi connectivity index (χ2v) is 7.54. The van der Waals surface area contributed by atoms with Crippen LogP contribution in [-0.4, -0.2) is 9.50 Å². The van der Waals surface area contributed by atoms with Crippen LogP contribution in [0.3, 0.4) is 0 Å². The minimum absolute atomic E-state index is 0.0317. The predicted molar refractivity (Wildman–Crippen MR) is 87.9 cm³/mol. The number of aliphatic imine (C=N–C) groups is 1. The summed E-state index contributed by atoms with van der Waals surface area (Å²) >= 11 is 17.2. The minimum atomic E-state index is -4.58. The molecule has 0 bridgehead atoms. The molecular formula is C16H8Cl3F4N. The van der Waals surface area contributed by atoms with E-state index in [9.17, 15) is 17.6 Å². The number of fused-ring (bicyclic) bond motifs is 1. The third-order valence-electron chi connectivity index (χ3n) is 3.64. The zero-order chi connectivity index (χ0) is 17.7. The molecule has 1 aliphatic heterocycles. The van der Waals surface area contributed by atoms with Crippen LogP contribution in [0.2, 0.25) is 0 Å². The van der Waals surface area contributed by atoms with E-state index >= 15 is 0 Å². The van der Waals surface area contributed by atoms with Gasteiger partial charge in [0.15, 0.2) is 0 Å². The second-order valence-electron chi connectivity index (χ2n) is 5.26. The van der Waals surface area contributed by atoms with E-state index in [0.717, 1.165) is 6.07 Å². The lowest BCUT2D eigenvalue weighted by molar-refractivity contribution is -0.138. The molecule has 24 heavy (non-hydrogen) atoms. The standard InChI is InChI=1S/C16H8Cl3F4N/c17-15(18,19)14-7-11-12(16(21,22)23)5-9(6-13(11)24-14)8-1-3-10(20)4-2-8/h1-6H,7H2. The summed E-state index contributed by atoms with van der Waals surface area (Å²) in [6, 6.07) is 7.61. The van der Waals surface area contributed by atoms with Crippen LogP contribution >= 0.6 is 34.8 Å². The zero-order valence-electron chi connectivity index (χ0n) is 11.8. The first-order valence-electron chi connectivity index (χ1n) is 6.70. The molecule has 2 aromatic carbocycles. The summed E-state index contributed by atoms with van der Waals surface area (Å²) in [6.07, 6.45) is -4.77. The number of benzene rings is 2. The van der Waals surface area contributed by atoms with Crippen LogP contribution in [0.5, 0.6) is 0 Å². The number of hydrogen-bond acceptors (Lipinski definition) is 1. The molecule has 1 aliphatic rings. The molecule has 0 fully saturated rings. The average molecular weight is 397 g/mol. The van der Waals surface area contributed by atoms with E-state index < -0.39 is 21.3 Å². The third-order valence-corrected chi connectivity index (χ3v) is 4.29. The van der Waals surface area contributed by atoms with Crippen molar-refractivity contribution in [3.8, 4) is 11.1 Å². The molecule has 126 valence electrons. The Balaban J connectivity index is 2.17. The smallest absolute Gasteiger partial charge is 0.253 e. The lowest BCUT2D eigenvalue weighted by Gasteiger charge is -2.15. The molecule has 0 radical (unpaired) electrons. The van der Waals surface area contributed by atoms with Crippen molar-refractivity contribution in [2.45, 2.75) is 16.4 Å². The molecular weight excluding hydrogens is 389 g/mol. The Morgan fingerprint density at radius 3 is 2.08 bits per heavy atom. The van der Waals surface area contributed by atoms with E-state index in [0.29, 0.717) is 5.56 Å². The van der Waals surface area contributed by atoms with E-state index in [-0.39, 0.29) is 28.9 Å². The van der Waals surface area contributed by atoms with Gasteiger partial charge in [0.05, 0.1) is 17.0 Å². The normalized spacial score (nSPS) is 14.5. The first kappa shape index (κ1) is 17.5. The van der Waals surface area contributed by atoms with Crippen molar-refractivity contribution in [1.29, 1.82) is 0 Å². The topological polar surface area (TPSA) is 12.4 Å². The van der Waals surface area contributed by atoms with Crippen molar-refractivity contribution in [3.05, 3.63) is 53.3 Å². The van der Waals surface area contributed by atoms with Crippen molar-refractivity contribution < 1.29 is 17.6 Å². The molecule has 1 nitrogen and oxygen atoms in total. The highest BCUT2D eigenvalue weighted by molar-refractivity contribution is 6.77. The second kappa shape index (κ2) is 5.90. The third kappa shape index (κ3) is 3.39. The summed E-state index contributed by atoms with van der Waals surface area (Å²) in [4.78, 5) is 4.05. The quantitative estimate of drug-likeness (QED) is 0.385. The fourth-order valence-electron chi connectivity index (χ4n) is 2.52. The van der Waals surface area contributed by atoms with E-state index in [1.165, 1.54) is 30.3 Å². The van der Waals surface area contributed by atoms with Crippen LogP contribution in [0.4, 0.5) is 23.2 Å². The maximum Gasteiger partial charge on any atom is 0.416 e. The molecule has 0 aliphatic carbocycles. The monoisotopic (exact) mass is 395 g/mol. The Kier molecular flexibility index (Phi) is 4.31. The molecule has 3 rings (SSSR count). The Hall–Kier alpha value is -1.30. The van der Waals surface area contributed by atoms with Gasteiger partial charge in [0, 0.05) is 6.42 Å². The molecule has 0 amide bonds. The van der Waals surface area contributed by atoms with Crippen LogP contribution < -0.4 is 0 Å². The number of nitrogens with zero attached hydrogens (tertiary/aromatic N) is 1. The van der Waals surface area contributed by atoms with Crippen molar-refractivity contribution in [2.75, 3.05) is 0 Å². The van der Waals surface area contributed by atoms with Gasteiger partial charge in [-0.1, -0.05) is 46.9 Å². The lowest BCUT2D eigenvalue weighted by atomic mass is 9.96. The highest BCUT2D eigenvalue weighted by atomic mass is 35.6. The molecule has 0 atom stereocenters. The number of hydrogen-bond donors (Lipinski definition) is 0. The average Bonchev–Trinajstić information content (AvgIpc) is 2.89. The Morgan fingerprint density at radius 1 is 0.917 bits per heavy atom. The summed E-state index contributed by atoms with van der Waals surface area (Å²) in [5, 5.41) is 0. The molecule has 0 spiro atoms. The summed E-state index contributed by atoms with van der Waals surface area (Å²) in [6.45, 7) is 0. The predicted octanol–water partition coefficient (Wildman–Crippen LogP) is 6.51. The number of alkyl halides is 6. The van der Waals surface area contributed by atoms with Gasteiger partial charge in [0.1, 0.15) is 5.82 Å². The minimum Gasteiger partial charge on any atom is -0.253 e. The van der Waals surface area contributed by atoms with Crippen LogP contribution in [0.15, 0.2) is 41.4 Å². The number of halogens is 7. The van der Waals surface area contributed by atoms with E-state index in [4.69, 9.17) is 34.8 Å². The highest BCUT2D eigenvalue weighted by Gasteiger charge is 2.40. The van der Waals surface area contributed by atoms with Gasteiger partial charge < -0.3 is 0 Å². The van der Waals surface area contributed by atoms with Gasteiger partial charge in [0.2, 0.25) is 3.79 Å². The maximum atomic E-state index is 13.4. The molecule has 0 saturated heterocycles. The lowest BCUT2D eigenvalue weighted by Crippen LogP contribution is -2.19. The summed E-state index contributed by atoms with van der Waals surface area (Å²) in [5.41, 5.74) is -0.0469. The van der Waals surface area contributed by atoms with Gasteiger partial charge in [-0.05, 0) is 41.0 Å². The van der Waals surface area contributed by atoms with E-state index in [1.54, 1.807) is 0 Å². The van der Waals surface area contributed by atoms with Crippen molar-refractivity contribution >= 4 is 46.2 Å². The summed E-state index contributed by atoms with van der Waals surface area (Å²) in [7, 11) is 0. The maximum absolute atomic E-state index is 13.4. The first-order chi connectivity index (χ1) is 11.1. The molecule has 2 aromatic rings. The summed E-state index contributed by atoms with van der Waals surface area (Å²) < 4.78 is 51.4. The van der Waals surface area contributed by atoms with Gasteiger partial charge in [0.25, 0.3) is 0 Å². The zero-order valence-corrected chi connectivity index (χ0v) is 14.0. The summed E-state index contributed by atoms with van der Waals surface area (Å²) in [5.74, 6) is -0.479. The Labute approximate surface area is 149 Å². The SMILES string of the molecule is Fc1ccc(-c2cc3c(c(C(F)(F)F)c2)CC(C(Cl)(Cl)Cl)=N3)cc1. The van der Waals surface area contributed by atoms with Gasteiger partial charge in [-0.3, -0.25) is 4.99 Å². The highest BCUT2D eigenvalue weighted by Crippen LogP contribution is 2.45. The van der Waals surface area contributed by atoms with Crippen molar-refractivity contribution in [1.82, 2.24) is 0 Å². The largest absolute Gasteiger partial charge is 0.416 e. The van der Waals surface area contributed by atoms with E-state index in [1.807, 2.05) is 0 Å². The Morgan fingerprint density at radius 2 is 1.54 bits per heavy atom. The molecule has 0 saturated carbocycles. The van der Waals surface area contributed by atoms with Crippen LogP contribution in [0.1, 0.15) is 11.1 Å². The number of rotatable bonds is 1. The van der Waals surface area contributed by atoms with Crippen LogP contribution in [0, 0.1) is 5.82 Å². The fourth-order valence-corrected chi connectivity index (χ4v) is 2.85. The fraction of sp³-hybridized carbons (Fsp3) is 0.188. The molecule has 0 unspecified atom stereocenters. The Bertz CT molecular complexity index is 821. The molecule has 0 aromatic heterocycles. The molecule has 1 heterocycles. The van der Waals surface area contributed by atoms with Crippen LogP contribution in [-0.2, 0) is 12.6 Å². The van der Waals surface area contributed by atoms with Crippen molar-refractivity contribution in [3.63, 3.8) is 0 Å². The van der Waals surface area contributed by atoms with E-state index in [2.05, 4.69) is 4.99 Å². The molecule has 0 N–H and O–H groups in total. The first-order valence-corrected chi connectivity index (χ1v) is 7.84. The molecule has 8 heteroatoms. The van der Waals surface area contributed by atoms with Gasteiger partial charge >= 0.3 is 6.18 Å². The van der Waals surface area contributed by atoms with Gasteiger partial charge in [-0.25, -0.2) is 4.39 Å². The van der Waals surface area contributed by atoms with Gasteiger partial charge in [-0.15, -0.1) is 0 Å². The van der Waals surface area contributed by atoms with Crippen molar-refractivity contribution in [2.24, 2.45) is 4.99 Å².